The van der Waals surface area contributed by atoms with E-state index < -0.39 is 0 Å². The molecule has 0 radical (unpaired) electrons. The van der Waals surface area contributed by atoms with Crippen LogP contribution < -0.4 is 15.0 Å². The molecule has 1 amide bonds. The molecule has 178 valence electrons. The first-order valence-corrected chi connectivity index (χ1v) is 11.9. The molecule has 0 unspecified atom stereocenters. The summed E-state index contributed by atoms with van der Waals surface area (Å²) in [5, 5.41) is 18.9. The van der Waals surface area contributed by atoms with Gasteiger partial charge in [-0.25, -0.2) is 0 Å². The predicted octanol–water partition coefficient (Wildman–Crippen LogP) is 5.18. The molecule has 4 aromatic rings. The van der Waals surface area contributed by atoms with Crippen LogP contribution in [0.5, 0.6) is 5.75 Å². The van der Waals surface area contributed by atoms with Gasteiger partial charge in [-0.2, -0.15) is 5.10 Å². The van der Waals surface area contributed by atoms with Crippen LogP contribution in [0.2, 0.25) is 0 Å². The smallest absolute Gasteiger partial charge is 0.273 e. The van der Waals surface area contributed by atoms with Crippen molar-refractivity contribution < 1.29 is 9.53 Å². The number of aromatic amines is 1. The molecular weight excluding hydrogens is 440 g/mol. The predicted molar refractivity (Wildman–Crippen MR) is 137 cm³/mol. The molecule has 2 aromatic heterocycles. The Hall–Kier alpha value is -4.20. The van der Waals surface area contributed by atoms with E-state index in [2.05, 4.69) is 30.6 Å². The summed E-state index contributed by atoms with van der Waals surface area (Å²) in [6.07, 6.45) is 4.98. The molecule has 1 fully saturated rings. The van der Waals surface area contributed by atoms with Crippen LogP contribution in [0.4, 0.5) is 11.5 Å². The lowest BCUT2D eigenvalue weighted by Crippen LogP contribution is -2.25. The molecule has 2 N–H and O–H groups in total. The third-order valence-corrected chi connectivity index (χ3v) is 6.21. The van der Waals surface area contributed by atoms with E-state index in [0.29, 0.717) is 17.1 Å². The summed E-state index contributed by atoms with van der Waals surface area (Å²) in [6, 6.07) is 20.9. The highest BCUT2D eigenvalue weighted by atomic mass is 16.5. The number of methoxy groups -OCH3 is 1. The summed E-state index contributed by atoms with van der Waals surface area (Å²) in [5.74, 6) is 1.41. The molecular formula is C27H28N6O2. The van der Waals surface area contributed by atoms with Crippen molar-refractivity contribution >= 4 is 17.4 Å². The average Bonchev–Trinajstić information content (AvgIpc) is 3.25. The normalized spacial score (nSPS) is 13.8. The van der Waals surface area contributed by atoms with Gasteiger partial charge in [-0.1, -0.05) is 37.1 Å². The van der Waals surface area contributed by atoms with Crippen LogP contribution in [-0.4, -0.2) is 46.5 Å². The number of anilines is 2. The molecule has 35 heavy (non-hydrogen) atoms. The van der Waals surface area contributed by atoms with Gasteiger partial charge in [0.2, 0.25) is 0 Å². The highest BCUT2D eigenvalue weighted by molar-refractivity contribution is 6.03. The van der Waals surface area contributed by atoms with Gasteiger partial charge >= 0.3 is 0 Å². The number of rotatable bonds is 6. The van der Waals surface area contributed by atoms with Crippen molar-refractivity contribution in [3.8, 4) is 28.3 Å². The molecule has 3 heterocycles. The number of nitrogens with zero attached hydrogens (tertiary/aromatic N) is 4. The van der Waals surface area contributed by atoms with E-state index in [1.54, 1.807) is 13.2 Å². The summed E-state index contributed by atoms with van der Waals surface area (Å²) in [4.78, 5) is 15.0. The Morgan fingerprint density at radius 3 is 2.40 bits per heavy atom. The Labute approximate surface area is 204 Å². The number of H-pyrrole nitrogens is 1. The van der Waals surface area contributed by atoms with Crippen molar-refractivity contribution in [3.63, 3.8) is 0 Å². The highest BCUT2D eigenvalue weighted by Crippen LogP contribution is 2.24. The minimum Gasteiger partial charge on any atom is -0.497 e. The Balaban J connectivity index is 1.23. The minimum atomic E-state index is -0.263. The number of benzene rings is 2. The highest BCUT2D eigenvalue weighted by Gasteiger charge is 2.14. The number of aromatic nitrogens is 4. The molecule has 0 spiro atoms. The molecule has 8 nitrogen and oxygen atoms in total. The zero-order valence-electron chi connectivity index (χ0n) is 19.7. The molecule has 0 aliphatic carbocycles. The molecule has 0 saturated carbocycles. The first-order valence-electron chi connectivity index (χ1n) is 11.9. The number of carbonyl (C=O) groups excluding carboxylic acids is 1. The van der Waals surface area contributed by atoms with Gasteiger partial charge in [0.25, 0.3) is 5.91 Å². The molecule has 0 bridgehead atoms. The topological polar surface area (TPSA) is 96.0 Å². The van der Waals surface area contributed by atoms with E-state index in [1.807, 2.05) is 60.7 Å². The standard InChI is InChI=1S/C27H28N6O2/c1-35-22-8-6-7-20(17-22)24-18-25(31-30-24)27(34)28-21-11-9-19(10-12-21)23-13-14-26(32-29-23)33-15-4-2-3-5-16-33/h6-14,17-18H,2-5,15-16H2,1H3,(H,28,34)(H,30,31). The number of ether oxygens (including phenoxy) is 1. The Morgan fingerprint density at radius 2 is 1.69 bits per heavy atom. The van der Waals surface area contributed by atoms with Crippen molar-refractivity contribution in [2.45, 2.75) is 25.7 Å². The van der Waals surface area contributed by atoms with E-state index in [0.717, 1.165) is 41.5 Å². The van der Waals surface area contributed by atoms with Crippen LogP contribution in [-0.2, 0) is 0 Å². The summed E-state index contributed by atoms with van der Waals surface area (Å²) in [6.45, 7) is 2.08. The lowest BCUT2D eigenvalue weighted by atomic mass is 10.1. The molecule has 5 rings (SSSR count). The minimum absolute atomic E-state index is 0.263. The zero-order valence-corrected chi connectivity index (χ0v) is 19.7. The summed E-state index contributed by atoms with van der Waals surface area (Å²) < 4.78 is 5.26. The zero-order chi connectivity index (χ0) is 24.0. The quantitative estimate of drug-likeness (QED) is 0.405. The van der Waals surface area contributed by atoms with Gasteiger partial charge < -0.3 is 15.0 Å². The van der Waals surface area contributed by atoms with Crippen LogP contribution in [0.15, 0.2) is 66.7 Å². The van der Waals surface area contributed by atoms with E-state index in [9.17, 15) is 4.79 Å². The second-order valence-corrected chi connectivity index (χ2v) is 8.61. The maximum atomic E-state index is 12.7. The number of amides is 1. The maximum absolute atomic E-state index is 12.7. The van der Waals surface area contributed by atoms with Gasteiger partial charge in [-0.05, 0) is 55.3 Å². The summed E-state index contributed by atoms with van der Waals surface area (Å²) in [5.41, 5.74) is 4.35. The van der Waals surface area contributed by atoms with Crippen molar-refractivity contribution in [2.24, 2.45) is 0 Å². The van der Waals surface area contributed by atoms with Gasteiger partial charge in [-0.15, -0.1) is 10.2 Å². The number of hydrogen-bond donors (Lipinski definition) is 2. The molecule has 1 saturated heterocycles. The lowest BCUT2D eigenvalue weighted by molar-refractivity contribution is 0.102. The third-order valence-electron chi connectivity index (χ3n) is 6.21. The SMILES string of the molecule is COc1cccc(-c2cc(C(=O)Nc3ccc(-c4ccc(N5CCCCCC5)nn4)cc3)[nH]n2)c1. The van der Waals surface area contributed by atoms with Crippen LogP contribution in [0.3, 0.4) is 0 Å². The molecule has 1 aliphatic heterocycles. The monoisotopic (exact) mass is 468 g/mol. The molecule has 0 atom stereocenters. The second-order valence-electron chi connectivity index (χ2n) is 8.61. The first-order chi connectivity index (χ1) is 17.2. The molecule has 1 aliphatic rings. The van der Waals surface area contributed by atoms with Gasteiger partial charge in [-0.3, -0.25) is 9.89 Å². The Kier molecular flexibility index (Phi) is 6.70. The van der Waals surface area contributed by atoms with Crippen molar-refractivity contribution in [1.29, 1.82) is 0 Å². The number of nitrogens with one attached hydrogen (secondary N) is 2. The fraction of sp³-hybridized carbons (Fsp3) is 0.259. The van der Waals surface area contributed by atoms with Crippen molar-refractivity contribution in [1.82, 2.24) is 20.4 Å². The largest absolute Gasteiger partial charge is 0.497 e. The number of hydrogen-bond acceptors (Lipinski definition) is 6. The van der Waals surface area contributed by atoms with E-state index in [4.69, 9.17) is 4.74 Å². The fourth-order valence-corrected chi connectivity index (χ4v) is 4.24. The van der Waals surface area contributed by atoms with Crippen LogP contribution in [0, 0.1) is 0 Å². The average molecular weight is 469 g/mol. The van der Waals surface area contributed by atoms with Crippen LogP contribution in [0.25, 0.3) is 22.5 Å². The van der Waals surface area contributed by atoms with Gasteiger partial charge in [0.05, 0.1) is 18.5 Å². The Bertz CT molecular complexity index is 1280. The van der Waals surface area contributed by atoms with Crippen molar-refractivity contribution in [3.05, 3.63) is 72.4 Å². The Morgan fingerprint density at radius 1 is 0.886 bits per heavy atom. The second kappa shape index (κ2) is 10.4. The van der Waals surface area contributed by atoms with Gasteiger partial charge in [0, 0.05) is 29.9 Å². The molecule has 8 heteroatoms. The summed E-state index contributed by atoms with van der Waals surface area (Å²) in [7, 11) is 1.62. The molecule has 2 aromatic carbocycles. The summed E-state index contributed by atoms with van der Waals surface area (Å²) >= 11 is 0. The third kappa shape index (κ3) is 5.32. The number of carbonyl (C=O) groups is 1. The van der Waals surface area contributed by atoms with Crippen molar-refractivity contribution in [2.75, 3.05) is 30.4 Å². The van der Waals surface area contributed by atoms with Gasteiger partial charge in [0.15, 0.2) is 5.82 Å². The maximum Gasteiger partial charge on any atom is 0.273 e. The van der Waals surface area contributed by atoms with Gasteiger partial charge in [0.1, 0.15) is 11.4 Å². The lowest BCUT2D eigenvalue weighted by Gasteiger charge is -2.20. The first kappa shape index (κ1) is 22.6. The van der Waals surface area contributed by atoms with Crippen LogP contribution in [0.1, 0.15) is 36.2 Å². The van der Waals surface area contributed by atoms with E-state index in [1.165, 1.54) is 25.7 Å². The van der Waals surface area contributed by atoms with Crippen LogP contribution >= 0.6 is 0 Å². The fourth-order valence-electron chi connectivity index (χ4n) is 4.24. The van der Waals surface area contributed by atoms with E-state index in [-0.39, 0.29) is 5.91 Å². The van der Waals surface area contributed by atoms with E-state index >= 15 is 0 Å².